The van der Waals surface area contributed by atoms with Crippen molar-refractivity contribution in [3.63, 3.8) is 0 Å². The maximum atomic E-state index is 12.9. The van der Waals surface area contributed by atoms with Crippen LogP contribution in [0.4, 0.5) is 4.39 Å². The van der Waals surface area contributed by atoms with Gasteiger partial charge in [-0.05, 0) is 49.8 Å². The van der Waals surface area contributed by atoms with Crippen molar-refractivity contribution in [1.82, 2.24) is 15.4 Å². The molecule has 0 atom stereocenters. The number of nitrogens with one attached hydrogen (secondary N) is 3. The van der Waals surface area contributed by atoms with Gasteiger partial charge in [0.05, 0.1) is 12.3 Å². The Labute approximate surface area is 178 Å². The zero-order valence-corrected chi connectivity index (χ0v) is 18.9. The molecule has 1 aromatic rings. The van der Waals surface area contributed by atoms with Gasteiger partial charge in [0, 0.05) is 19.6 Å². The third kappa shape index (κ3) is 9.70. The van der Waals surface area contributed by atoms with Gasteiger partial charge >= 0.3 is 0 Å². The van der Waals surface area contributed by atoms with E-state index in [2.05, 4.69) is 20.3 Å². The Morgan fingerprint density at radius 2 is 1.93 bits per heavy atom. The molecule has 0 unspecified atom stereocenters. The summed E-state index contributed by atoms with van der Waals surface area (Å²) in [4.78, 5) is 4.32. The number of aliphatic imine (C=N–C) groups is 1. The first-order chi connectivity index (χ1) is 12.5. The van der Waals surface area contributed by atoms with Crippen LogP contribution in [-0.2, 0) is 16.4 Å². The molecule has 154 valence electrons. The number of hydrogen-bond donors (Lipinski definition) is 3. The van der Waals surface area contributed by atoms with Gasteiger partial charge in [-0.1, -0.05) is 18.6 Å². The average molecular weight is 512 g/mol. The van der Waals surface area contributed by atoms with E-state index >= 15 is 0 Å². The monoisotopic (exact) mass is 512 g/mol. The molecule has 27 heavy (non-hydrogen) atoms. The second kappa shape index (κ2) is 12.5. The van der Waals surface area contributed by atoms with Crippen LogP contribution >= 0.6 is 24.0 Å². The molecule has 0 amide bonds. The summed E-state index contributed by atoms with van der Waals surface area (Å²) in [6, 6.07) is 6.38. The highest BCUT2D eigenvalue weighted by Crippen LogP contribution is 2.25. The van der Waals surface area contributed by atoms with Gasteiger partial charge in [0.15, 0.2) is 5.96 Å². The van der Waals surface area contributed by atoms with Crippen molar-refractivity contribution in [3.8, 4) is 0 Å². The van der Waals surface area contributed by atoms with E-state index in [-0.39, 0.29) is 42.1 Å². The zero-order chi connectivity index (χ0) is 18.8. The van der Waals surface area contributed by atoms with E-state index in [1.54, 1.807) is 12.1 Å². The molecule has 0 aromatic heterocycles. The Morgan fingerprint density at radius 1 is 1.22 bits per heavy atom. The zero-order valence-electron chi connectivity index (χ0n) is 15.7. The average Bonchev–Trinajstić information content (AvgIpc) is 2.55. The number of nitrogens with zero attached hydrogens (tertiary/aromatic N) is 1. The van der Waals surface area contributed by atoms with Gasteiger partial charge in [-0.3, -0.25) is 4.99 Å². The molecule has 2 rings (SSSR count). The molecule has 1 aliphatic rings. The lowest BCUT2D eigenvalue weighted by atomic mass is 9.86. The molecule has 0 saturated heterocycles. The first-order valence-corrected chi connectivity index (χ1v) is 10.9. The molecule has 1 saturated carbocycles. The standard InChI is InChI=1S/C18H29FN4O2S.HI/c1-2-20-18(21-11-10-15-6-8-17(19)9-7-15)22-12-13-26(24,25)23-14-16-4-3-5-16;/h6-9,16,23H,2-5,10-14H2,1H3,(H2,20,21,22);1H. The highest BCUT2D eigenvalue weighted by Gasteiger charge is 2.19. The number of rotatable bonds is 10. The van der Waals surface area contributed by atoms with Crippen LogP contribution in [0, 0.1) is 11.7 Å². The van der Waals surface area contributed by atoms with E-state index in [1.807, 2.05) is 6.92 Å². The quantitative estimate of drug-likeness (QED) is 0.255. The number of sulfonamides is 1. The molecule has 1 fully saturated rings. The van der Waals surface area contributed by atoms with Crippen LogP contribution in [0.3, 0.4) is 0 Å². The molecule has 0 spiro atoms. The van der Waals surface area contributed by atoms with Crippen molar-refractivity contribution < 1.29 is 12.8 Å². The molecule has 1 aromatic carbocycles. The molecule has 6 nitrogen and oxygen atoms in total. The van der Waals surface area contributed by atoms with Crippen LogP contribution in [0.2, 0.25) is 0 Å². The molecular formula is C18H30FIN4O2S. The first kappa shape index (κ1) is 24.1. The van der Waals surface area contributed by atoms with Gasteiger partial charge in [-0.25, -0.2) is 17.5 Å². The highest BCUT2D eigenvalue weighted by molar-refractivity contribution is 14.0. The van der Waals surface area contributed by atoms with E-state index in [4.69, 9.17) is 0 Å². The second-order valence-electron chi connectivity index (χ2n) is 6.53. The van der Waals surface area contributed by atoms with Gasteiger partial charge in [-0.2, -0.15) is 0 Å². The molecule has 1 aliphatic carbocycles. The van der Waals surface area contributed by atoms with Crippen LogP contribution in [0.25, 0.3) is 0 Å². The van der Waals surface area contributed by atoms with E-state index in [9.17, 15) is 12.8 Å². The predicted molar refractivity (Wildman–Crippen MR) is 119 cm³/mol. The number of hydrogen-bond acceptors (Lipinski definition) is 3. The van der Waals surface area contributed by atoms with Crippen molar-refractivity contribution in [3.05, 3.63) is 35.6 Å². The molecule has 0 radical (unpaired) electrons. The molecule has 0 aliphatic heterocycles. The Morgan fingerprint density at radius 3 is 2.52 bits per heavy atom. The lowest BCUT2D eigenvalue weighted by Crippen LogP contribution is -2.39. The summed E-state index contributed by atoms with van der Waals surface area (Å²) in [7, 11) is -3.28. The van der Waals surface area contributed by atoms with Crippen LogP contribution in [0.5, 0.6) is 0 Å². The van der Waals surface area contributed by atoms with Crippen molar-refractivity contribution in [2.24, 2.45) is 10.9 Å². The Balaban J connectivity index is 0.00000364. The second-order valence-corrected chi connectivity index (χ2v) is 8.45. The molecule has 0 heterocycles. The third-order valence-corrected chi connectivity index (χ3v) is 5.74. The smallest absolute Gasteiger partial charge is 0.213 e. The normalized spacial score (nSPS) is 15.0. The number of guanidine groups is 1. The van der Waals surface area contributed by atoms with Crippen molar-refractivity contribution in [1.29, 1.82) is 0 Å². The summed E-state index contributed by atoms with van der Waals surface area (Å²) in [6.45, 7) is 4.02. The highest BCUT2D eigenvalue weighted by atomic mass is 127. The Hall–Kier alpha value is -0.940. The van der Waals surface area contributed by atoms with Gasteiger partial charge in [0.2, 0.25) is 10.0 Å². The fourth-order valence-electron chi connectivity index (χ4n) is 2.61. The van der Waals surface area contributed by atoms with E-state index in [1.165, 1.54) is 18.6 Å². The summed E-state index contributed by atoms with van der Waals surface area (Å²) < 4.78 is 39.5. The van der Waals surface area contributed by atoms with Crippen molar-refractivity contribution >= 4 is 40.0 Å². The predicted octanol–water partition coefficient (Wildman–Crippen LogP) is 2.26. The fraction of sp³-hybridized carbons (Fsp3) is 0.611. The lowest BCUT2D eigenvalue weighted by Gasteiger charge is -2.25. The first-order valence-electron chi connectivity index (χ1n) is 9.22. The van der Waals surface area contributed by atoms with Gasteiger partial charge in [0.1, 0.15) is 5.82 Å². The van der Waals surface area contributed by atoms with Crippen LogP contribution < -0.4 is 15.4 Å². The van der Waals surface area contributed by atoms with E-state index in [0.29, 0.717) is 31.5 Å². The summed E-state index contributed by atoms with van der Waals surface area (Å²) in [5.74, 6) is 0.820. The van der Waals surface area contributed by atoms with E-state index in [0.717, 1.165) is 24.8 Å². The molecule has 9 heteroatoms. The van der Waals surface area contributed by atoms with Crippen molar-refractivity contribution in [2.45, 2.75) is 32.6 Å². The van der Waals surface area contributed by atoms with Crippen molar-refractivity contribution in [2.75, 3.05) is 31.9 Å². The maximum Gasteiger partial charge on any atom is 0.213 e. The molecule has 3 N–H and O–H groups in total. The topological polar surface area (TPSA) is 82.6 Å². The minimum absolute atomic E-state index is 0. The van der Waals surface area contributed by atoms with Crippen LogP contribution in [-0.4, -0.2) is 46.3 Å². The SMILES string of the molecule is CCNC(=NCCS(=O)(=O)NCC1CCC1)NCCc1ccc(F)cc1.I. The van der Waals surface area contributed by atoms with Crippen LogP contribution in [0.1, 0.15) is 31.7 Å². The van der Waals surface area contributed by atoms with Crippen LogP contribution in [0.15, 0.2) is 29.3 Å². The third-order valence-electron chi connectivity index (χ3n) is 4.41. The Bertz CT molecular complexity index is 679. The lowest BCUT2D eigenvalue weighted by molar-refractivity contribution is 0.316. The Kier molecular flexibility index (Phi) is 11.2. The summed E-state index contributed by atoms with van der Waals surface area (Å²) >= 11 is 0. The minimum atomic E-state index is -3.28. The number of halogens is 2. The van der Waals surface area contributed by atoms with E-state index < -0.39 is 10.0 Å². The minimum Gasteiger partial charge on any atom is -0.357 e. The number of benzene rings is 1. The fourth-order valence-corrected chi connectivity index (χ4v) is 3.58. The maximum absolute atomic E-state index is 12.9. The largest absolute Gasteiger partial charge is 0.357 e. The van der Waals surface area contributed by atoms with Gasteiger partial charge < -0.3 is 10.6 Å². The van der Waals surface area contributed by atoms with Gasteiger partial charge in [0.25, 0.3) is 0 Å². The molecule has 0 bridgehead atoms. The summed E-state index contributed by atoms with van der Waals surface area (Å²) in [6.07, 6.45) is 4.16. The summed E-state index contributed by atoms with van der Waals surface area (Å²) in [5.41, 5.74) is 1.03. The van der Waals surface area contributed by atoms with Gasteiger partial charge in [-0.15, -0.1) is 24.0 Å². The molecular weight excluding hydrogens is 482 g/mol. The summed E-state index contributed by atoms with van der Waals surface area (Å²) in [5, 5.41) is 6.26.